The molecule has 0 unspecified atom stereocenters. The Morgan fingerprint density at radius 3 is 2.68 bits per heavy atom. The van der Waals surface area contributed by atoms with Gasteiger partial charge < -0.3 is 19.9 Å². The number of hydrogen-bond donors (Lipinski definition) is 2. The molecule has 0 aliphatic carbocycles. The summed E-state index contributed by atoms with van der Waals surface area (Å²) < 4.78 is 10.5. The molecule has 0 radical (unpaired) electrons. The summed E-state index contributed by atoms with van der Waals surface area (Å²) in [6.07, 6.45) is 0.734. The van der Waals surface area contributed by atoms with Gasteiger partial charge in [0.2, 0.25) is 0 Å². The fourth-order valence-electron chi connectivity index (χ4n) is 1.72. The largest absolute Gasteiger partial charge is 0.493 e. The highest BCUT2D eigenvalue weighted by Crippen LogP contribution is 2.34. The summed E-state index contributed by atoms with van der Waals surface area (Å²) >= 11 is 6.00. The molecule has 0 aliphatic heterocycles. The Hall–Kier alpha value is -1.46. The lowest BCUT2D eigenvalue weighted by molar-refractivity contribution is -0.137. The van der Waals surface area contributed by atoms with E-state index >= 15 is 0 Å². The minimum absolute atomic E-state index is 0.156. The van der Waals surface area contributed by atoms with E-state index in [0.29, 0.717) is 36.0 Å². The van der Waals surface area contributed by atoms with E-state index in [9.17, 15) is 4.79 Å². The van der Waals surface area contributed by atoms with Crippen LogP contribution >= 0.6 is 11.6 Å². The van der Waals surface area contributed by atoms with Crippen molar-refractivity contribution in [2.45, 2.75) is 19.4 Å². The van der Waals surface area contributed by atoms with Crippen LogP contribution < -0.4 is 14.8 Å². The van der Waals surface area contributed by atoms with Crippen LogP contribution in [0.2, 0.25) is 5.02 Å². The third-order valence-corrected chi connectivity index (χ3v) is 2.80. The molecule has 0 bridgehead atoms. The van der Waals surface area contributed by atoms with Crippen molar-refractivity contribution < 1.29 is 19.4 Å². The predicted molar refractivity (Wildman–Crippen MR) is 73.1 cm³/mol. The van der Waals surface area contributed by atoms with Gasteiger partial charge in [-0.3, -0.25) is 4.79 Å². The van der Waals surface area contributed by atoms with E-state index in [1.54, 1.807) is 26.4 Å². The Bertz CT molecular complexity index is 437. The van der Waals surface area contributed by atoms with Crippen LogP contribution in [0.4, 0.5) is 0 Å². The quantitative estimate of drug-likeness (QED) is 0.718. The molecule has 0 heterocycles. The maximum Gasteiger partial charge on any atom is 0.303 e. The molecule has 1 rings (SSSR count). The van der Waals surface area contributed by atoms with Crippen LogP contribution in [0.15, 0.2) is 12.1 Å². The predicted octanol–water partition coefficient (Wildman–Crippen LogP) is 2.31. The Morgan fingerprint density at radius 1 is 1.37 bits per heavy atom. The molecule has 0 fully saturated rings. The van der Waals surface area contributed by atoms with Crippen molar-refractivity contribution in [2.75, 3.05) is 20.8 Å². The highest BCUT2D eigenvalue weighted by Gasteiger charge is 2.11. The van der Waals surface area contributed by atoms with Crippen molar-refractivity contribution >= 4 is 17.6 Å². The third kappa shape index (κ3) is 4.96. The highest BCUT2D eigenvalue weighted by atomic mass is 35.5. The first-order valence-corrected chi connectivity index (χ1v) is 6.29. The molecule has 0 spiro atoms. The number of nitrogens with one attached hydrogen (secondary N) is 1. The van der Waals surface area contributed by atoms with Crippen LogP contribution in [0.3, 0.4) is 0 Å². The molecule has 0 amide bonds. The van der Waals surface area contributed by atoms with Gasteiger partial charge in [-0.2, -0.15) is 0 Å². The van der Waals surface area contributed by atoms with Gasteiger partial charge in [0, 0.05) is 29.6 Å². The molecule has 0 saturated heterocycles. The monoisotopic (exact) mass is 287 g/mol. The molecule has 2 N–H and O–H groups in total. The van der Waals surface area contributed by atoms with E-state index in [1.807, 2.05) is 0 Å². The van der Waals surface area contributed by atoms with Crippen molar-refractivity contribution in [1.29, 1.82) is 0 Å². The molecular formula is C13H18ClNO4. The Kier molecular flexibility index (Phi) is 6.45. The number of aliphatic carboxylic acids is 1. The zero-order valence-electron chi connectivity index (χ0n) is 11.0. The maximum atomic E-state index is 10.4. The number of methoxy groups -OCH3 is 2. The van der Waals surface area contributed by atoms with Gasteiger partial charge in [0.05, 0.1) is 14.2 Å². The lowest BCUT2D eigenvalue weighted by atomic mass is 10.1. The zero-order chi connectivity index (χ0) is 14.3. The number of hydrogen-bond acceptors (Lipinski definition) is 4. The molecule has 19 heavy (non-hydrogen) atoms. The van der Waals surface area contributed by atoms with Crippen molar-refractivity contribution in [3.05, 3.63) is 22.7 Å². The van der Waals surface area contributed by atoms with Crippen LogP contribution in [0.1, 0.15) is 18.4 Å². The second-order valence-corrected chi connectivity index (χ2v) is 4.41. The summed E-state index contributed by atoms with van der Waals surface area (Å²) in [5.41, 5.74) is 0.877. The van der Waals surface area contributed by atoms with E-state index < -0.39 is 5.97 Å². The molecule has 1 aromatic carbocycles. The fourth-order valence-corrected chi connectivity index (χ4v) is 1.96. The number of rotatable bonds is 8. The lowest BCUT2D eigenvalue weighted by Gasteiger charge is -2.14. The molecule has 0 aromatic heterocycles. The minimum Gasteiger partial charge on any atom is -0.493 e. The smallest absolute Gasteiger partial charge is 0.303 e. The van der Waals surface area contributed by atoms with Crippen LogP contribution in [-0.2, 0) is 11.3 Å². The Labute approximate surface area is 117 Å². The van der Waals surface area contributed by atoms with E-state index in [1.165, 1.54) is 0 Å². The van der Waals surface area contributed by atoms with Crippen LogP contribution in [0.5, 0.6) is 11.5 Å². The maximum absolute atomic E-state index is 10.4. The van der Waals surface area contributed by atoms with E-state index in [-0.39, 0.29) is 6.42 Å². The first kappa shape index (κ1) is 15.6. The molecule has 0 aliphatic rings. The second kappa shape index (κ2) is 7.86. The first-order valence-electron chi connectivity index (χ1n) is 5.91. The van der Waals surface area contributed by atoms with E-state index in [2.05, 4.69) is 5.32 Å². The van der Waals surface area contributed by atoms with Crippen LogP contribution in [0, 0.1) is 0 Å². The Balaban J connectivity index is 2.61. The highest BCUT2D eigenvalue weighted by molar-refractivity contribution is 6.30. The number of carboxylic acid groups (broad SMARTS) is 1. The van der Waals surface area contributed by atoms with Gasteiger partial charge in [-0.25, -0.2) is 0 Å². The molecule has 0 atom stereocenters. The van der Waals surface area contributed by atoms with E-state index in [4.69, 9.17) is 26.2 Å². The van der Waals surface area contributed by atoms with Gasteiger partial charge in [0.25, 0.3) is 0 Å². The minimum atomic E-state index is -0.788. The number of halogens is 1. The number of ether oxygens (including phenoxy) is 2. The summed E-state index contributed by atoms with van der Waals surface area (Å²) in [7, 11) is 3.12. The average molecular weight is 288 g/mol. The Morgan fingerprint density at radius 2 is 2.11 bits per heavy atom. The van der Waals surface area contributed by atoms with Crippen molar-refractivity contribution in [1.82, 2.24) is 5.32 Å². The van der Waals surface area contributed by atoms with Gasteiger partial charge in [0.15, 0.2) is 11.5 Å². The molecule has 5 nitrogen and oxygen atoms in total. The first-order chi connectivity index (χ1) is 9.08. The molecule has 1 aromatic rings. The average Bonchev–Trinajstić information content (AvgIpc) is 2.37. The second-order valence-electron chi connectivity index (χ2n) is 3.97. The van der Waals surface area contributed by atoms with Gasteiger partial charge in [-0.1, -0.05) is 11.6 Å². The van der Waals surface area contributed by atoms with Gasteiger partial charge in [-0.05, 0) is 19.0 Å². The summed E-state index contributed by atoms with van der Waals surface area (Å²) in [4.78, 5) is 10.4. The van der Waals surface area contributed by atoms with Crippen LogP contribution in [-0.4, -0.2) is 31.8 Å². The standard InChI is InChI=1S/C13H18ClNO4/c1-18-11-7-10(14)6-9(13(11)19-2)8-15-5-3-4-12(16)17/h6-7,15H,3-5,8H2,1-2H3,(H,16,17). The third-order valence-electron chi connectivity index (χ3n) is 2.58. The zero-order valence-corrected chi connectivity index (χ0v) is 11.8. The molecule has 6 heteroatoms. The molecule has 106 valence electrons. The number of carbonyl (C=O) groups is 1. The van der Waals surface area contributed by atoms with Crippen molar-refractivity contribution in [3.63, 3.8) is 0 Å². The van der Waals surface area contributed by atoms with Gasteiger partial charge >= 0.3 is 5.97 Å². The number of benzene rings is 1. The fraction of sp³-hybridized carbons (Fsp3) is 0.462. The molecular weight excluding hydrogens is 270 g/mol. The summed E-state index contributed by atoms with van der Waals surface area (Å²) in [5, 5.41) is 12.3. The van der Waals surface area contributed by atoms with Crippen molar-refractivity contribution in [3.8, 4) is 11.5 Å². The summed E-state index contributed by atoms with van der Waals surface area (Å²) in [6.45, 7) is 1.16. The molecule has 0 saturated carbocycles. The normalized spacial score (nSPS) is 10.3. The topological polar surface area (TPSA) is 67.8 Å². The SMILES string of the molecule is COc1cc(Cl)cc(CNCCCC(=O)O)c1OC. The lowest BCUT2D eigenvalue weighted by Crippen LogP contribution is -2.16. The number of carboxylic acids is 1. The van der Waals surface area contributed by atoms with Gasteiger partial charge in [-0.15, -0.1) is 0 Å². The van der Waals surface area contributed by atoms with E-state index in [0.717, 1.165) is 5.56 Å². The summed E-state index contributed by atoms with van der Waals surface area (Å²) in [6, 6.07) is 3.49. The summed E-state index contributed by atoms with van der Waals surface area (Å²) in [5.74, 6) is 0.429. The van der Waals surface area contributed by atoms with Crippen molar-refractivity contribution in [2.24, 2.45) is 0 Å². The van der Waals surface area contributed by atoms with Crippen LogP contribution in [0.25, 0.3) is 0 Å². The van der Waals surface area contributed by atoms with Gasteiger partial charge in [0.1, 0.15) is 0 Å².